The molecule has 0 bridgehead atoms. The third-order valence-electron chi connectivity index (χ3n) is 4.02. The van der Waals surface area contributed by atoms with E-state index < -0.39 is 0 Å². The van der Waals surface area contributed by atoms with Crippen molar-refractivity contribution in [2.24, 2.45) is 4.99 Å². The lowest BCUT2D eigenvalue weighted by Crippen LogP contribution is -2.36. The molecule has 1 heterocycles. The smallest absolute Gasteiger partial charge is 0.191 e. The van der Waals surface area contributed by atoms with E-state index in [0.717, 1.165) is 16.8 Å². The molecule has 0 aliphatic carbocycles. The number of guanidine groups is 1. The standard InChI is InChI=1S/C20H22FN5.HI/c1-15-10-16(8-9-19(15)21)11-23-20(22-2)24-12-17-13-25-26(14-17)18-6-4-3-5-7-18;/h3-10,13-14H,11-12H2,1-2H3,(H2,22,23,24);1H. The summed E-state index contributed by atoms with van der Waals surface area (Å²) in [5, 5.41) is 10.9. The van der Waals surface area contributed by atoms with Gasteiger partial charge in [0.25, 0.3) is 0 Å². The molecule has 0 saturated carbocycles. The minimum atomic E-state index is -0.188. The van der Waals surface area contributed by atoms with Crippen molar-refractivity contribution in [2.45, 2.75) is 20.0 Å². The Hall–Kier alpha value is -2.42. The zero-order valence-corrected chi connectivity index (χ0v) is 17.6. The zero-order chi connectivity index (χ0) is 18.4. The van der Waals surface area contributed by atoms with E-state index >= 15 is 0 Å². The molecule has 3 aromatic rings. The van der Waals surface area contributed by atoms with Crippen molar-refractivity contribution in [1.29, 1.82) is 0 Å². The fourth-order valence-corrected chi connectivity index (χ4v) is 2.58. The molecule has 27 heavy (non-hydrogen) atoms. The largest absolute Gasteiger partial charge is 0.352 e. The van der Waals surface area contributed by atoms with Crippen molar-refractivity contribution in [2.75, 3.05) is 7.05 Å². The Bertz CT molecular complexity index is 892. The highest BCUT2D eigenvalue weighted by Crippen LogP contribution is 2.09. The molecule has 0 atom stereocenters. The Balaban J connectivity index is 0.00000261. The number of aromatic nitrogens is 2. The quantitative estimate of drug-likeness (QED) is 0.333. The highest BCUT2D eigenvalue weighted by Gasteiger charge is 2.04. The number of hydrogen-bond acceptors (Lipinski definition) is 2. The summed E-state index contributed by atoms with van der Waals surface area (Å²) in [4.78, 5) is 4.22. The number of benzene rings is 2. The summed E-state index contributed by atoms with van der Waals surface area (Å²) >= 11 is 0. The van der Waals surface area contributed by atoms with Crippen LogP contribution < -0.4 is 10.6 Å². The van der Waals surface area contributed by atoms with Gasteiger partial charge >= 0.3 is 0 Å². The van der Waals surface area contributed by atoms with Crippen molar-refractivity contribution in [1.82, 2.24) is 20.4 Å². The summed E-state index contributed by atoms with van der Waals surface area (Å²) in [6.45, 7) is 2.94. The number of rotatable bonds is 5. The van der Waals surface area contributed by atoms with Crippen molar-refractivity contribution < 1.29 is 4.39 Å². The third-order valence-corrected chi connectivity index (χ3v) is 4.02. The summed E-state index contributed by atoms with van der Waals surface area (Å²) in [5.74, 6) is 0.492. The third kappa shape index (κ3) is 5.78. The number of nitrogens with one attached hydrogen (secondary N) is 2. The first-order chi connectivity index (χ1) is 12.7. The van der Waals surface area contributed by atoms with Gasteiger partial charge in [-0.1, -0.05) is 30.3 Å². The van der Waals surface area contributed by atoms with Crippen LogP contribution in [0.5, 0.6) is 0 Å². The fourth-order valence-electron chi connectivity index (χ4n) is 2.58. The maximum atomic E-state index is 13.3. The molecule has 0 unspecified atom stereocenters. The van der Waals surface area contributed by atoms with Gasteiger partial charge in [0.1, 0.15) is 5.82 Å². The molecule has 0 aliphatic heterocycles. The highest BCUT2D eigenvalue weighted by atomic mass is 127. The molecule has 0 radical (unpaired) electrons. The molecule has 5 nitrogen and oxygen atoms in total. The Morgan fingerprint density at radius 3 is 2.44 bits per heavy atom. The second-order valence-electron chi connectivity index (χ2n) is 5.99. The SMILES string of the molecule is CN=C(NCc1ccc(F)c(C)c1)NCc1cnn(-c2ccccc2)c1.I. The molecule has 3 rings (SSSR count). The van der Waals surface area contributed by atoms with Crippen LogP contribution in [0.3, 0.4) is 0 Å². The summed E-state index contributed by atoms with van der Waals surface area (Å²) in [6.07, 6.45) is 3.82. The molecule has 2 N–H and O–H groups in total. The second kappa shape index (κ2) is 10.1. The lowest BCUT2D eigenvalue weighted by atomic mass is 10.1. The van der Waals surface area contributed by atoms with Gasteiger partial charge in [-0.05, 0) is 36.2 Å². The van der Waals surface area contributed by atoms with Crippen LogP contribution in [0.2, 0.25) is 0 Å². The van der Waals surface area contributed by atoms with Crippen molar-refractivity contribution >= 4 is 29.9 Å². The van der Waals surface area contributed by atoms with E-state index in [1.807, 2.05) is 53.5 Å². The molecule has 0 saturated heterocycles. The normalized spacial score (nSPS) is 11.0. The number of hydrogen-bond donors (Lipinski definition) is 2. The average Bonchev–Trinajstić information content (AvgIpc) is 3.14. The molecule has 0 aliphatic rings. The van der Waals surface area contributed by atoms with Crippen LogP contribution in [0.4, 0.5) is 4.39 Å². The van der Waals surface area contributed by atoms with Gasteiger partial charge in [-0.25, -0.2) is 9.07 Å². The number of para-hydroxylation sites is 1. The Kier molecular flexibility index (Phi) is 7.78. The number of aliphatic imine (C=N–C) groups is 1. The first-order valence-electron chi connectivity index (χ1n) is 8.44. The lowest BCUT2D eigenvalue weighted by Gasteiger charge is -2.11. The van der Waals surface area contributed by atoms with Gasteiger partial charge in [0.15, 0.2) is 5.96 Å². The number of aryl methyl sites for hydroxylation is 1. The van der Waals surface area contributed by atoms with E-state index in [2.05, 4.69) is 20.7 Å². The van der Waals surface area contributed by atoms with Crippen LogP contribution in [-0.2, 0) is 13.1 Å². The second-order valence-corrected chi connectivity index (χ2v) is 5.99. The van der Waals surface area contributed by atoms with Crippen molar-refractivity contribution in [3.8, 4) is 5.69 Å². The molecule has 0 fully saturated rings. The van der Waals surface area contributed by atoms with Gasteiger partial charge in [0.2, 0.25) is 0 Å². The highest BCUT2D eigenvalue weighted by molar-refractivity contribution is 14.0. The predicted molar refractivity (Wildman–Crippen MR) is 117 cm³/mol. The van der Waals surface area contributed by atoms with Crippen LogP contribution in [0.25, 0.3) is 5.69 Å². The molecule has 0 spiro atoms. The van der Waals surface area contributed by atoms with Crippen LogP contribution in [-0.4, -0.2) is 22.8 Å². The molecule has 7 heteroatoms. The average molecular weight is 479 g/mol. The van der Waals surface area contributed by atoms with Gasteiger partial charge in [0, 0.05) is 31.9 Å². The predicted octanol–water partition coefficient (Wildman–Crippen LogP) is 3.80. The van der Waals surface area contributed by atoms with Gasteiger partial charge in [-0.3, -0.25) is 4.99 Å². The van der Waals surface area contributed by atoms with E-state index in [1.165, 1.54) is 6.07 Å². The number of nitrogens with zero attached hydrogens (tertiary/aromatic N) is 3. The van der Waals surface area contributed by atoms with Crippen LogP contribution in [0, 0.1) is 12.7 Å². The Morgan fingerprint density at radius 1 is 1.07 bits per heavy atom. The summed E-state index contributed by atoms with van der Waals surface area (Å²) < 4.78 is 15.2. The van der Waals surface area contributed by atoms with Crippen LogP contribution in [0.1, 0.15) is 16.7 Å². The molecular formula is C20H23FIN5. The Labute approximate surface area is 175 Å². The van der Waals surface area contributed by atoms with Crippen LogP contribution >= 0.6 is 24.0 Å². The van der Waals surface area contributed by atoms with E-state index in [1.54, 1.807) is 20.0 Å². The van der Waals surface area contributed by atoms with Crippen LogP contribution in [0.15, 0.2) is 65.9 Å². The van der Waals surface area contributed by atoms with Crippen molar-refractivity contribution in [3.63, 3.8) is 0 Å². The van der Waals surface area contributed by atoms with Crippen molar-refractivity contribution in [3.05, 3.63) is 83.4 Å². The lowest BCUT2D eigenvalue weighted by molar-refractivity contribution is 0.617. The molecule has 1 aromatic heterocycles. The first-order valence-corrected chi connectivity index (χ1v) is 8.44. The summed E-state index contributed by atoms with van der Waals surface area (Å²) in [6, 6.07) is 15.1. The maximum Gasteiger partial charge on any atom is 0.191 e. The van der Waals surface area contributed by atoms with E-state index in [9.17, 15) is 4.39 Å². The zero-order valence-electron chi connectivity index (χ0n) is 15.3. The van der Waals surface area contributed by atoms with E-state index in [4.69, 9.17) is 0 Å². The molecular weight excluding hydrogens is 456 g/mol. The first kappa shape index (κ1) is 20.9. The fraction of sp³-hybridized carbons (Fsp3) is 0.200. The molecule has 2 aromatic carbocycles. The molecule has 142 valence electrons. The minimum Gasteiger partial charge on any atom is -0.352 e. The number of halogens is 2. The monoisotopic (exact) mass is 479 g/mol. The van der Waals surface area contributed by atoms with Gasteiger partial charge in [0.05, 0.1) is 11.9 Å². The van der Waals surface area contributed by atoms with Gasteiger partial charge in [-0.15, -0.1) is 24.0 Å². The van der Waals surface area contributed by atoms with Gasteiger partial charge in [-0.2, -0.15) is 5.10 Å². The topological polar surface area (TPSA) is 54.2 Å². The van der Waals surface area contributed by atoms with E-state index in [-0.39, 0.29) is 29.8 Å². The summed E-state index contributed by atoms with van der Waals surface area (Å²) in [5.41, 5.74) is 3.71. The summed E-state index contributed by atoms with van der Waals surface area (Å²) in [7, 11) is 1.72. The molecule has 0 amide bonds. The maximum absolute atomic E-state index is 13.3. The minimum absolute atomic E-state index is 0. The van der Waals surface area contributed by atoms with Gasteiger partial charge < -0.3 is 10.6 Å². The Morgan fingerprint density at radius 2 is 1.78 bits per heavy atom. The van der Waals surface area contributed by atoms with E-state index in [0.29, 0.717) is 24.6 Å².